The molecule has 0 amide bonds. The first-order chi connectivity index (χ1) is 10.2. The minimum Gasteiger partial charge on any atom is -0.316 e. The molecule has 1 unspecified atom stereocenters. The first-order valence-corrected chi connectivity index (χ1v) is 8.01. The number of nitrogens with zero attached hydrogens (tertiary/aromatic N) is 2. The van der Waals surface area contributed by atoms with Gasteiger partial charge in [0.15, 0.2) is 0 Å². The maximum atomic E-state index is 6.49. The molecule has 21 heavy (non-hydrogen) atoms. The predicted molar refractivity (Wildman–Crippen MR) is 89.0 cm³/mol. The lowest BCUT2D eigenvalue weighted by Gasteiger charge is -2.18. The lowest BCUT2D eigenvalue weighted by atomic mass is 9.94. The second-order valence-electron chi connectivity index (χ2n) is 5.30. The topological polar surface area (TPSA) is 29.9 Å². The number of hydrogen-bond donors (Lipinski definition) is 1. The molecule has 1 N–H and O–H groups in total. The molecule has 0 saturated carbocycles. The van der Waals surface area contributed by atoms with Crippen LogP contribution in [0.2, 0.25) is 5.02 Å². The molecule has 1 aromatic heterocycles. The summed E-state index contributed by atoms with van der Waals surface area (Å²) in [5.74, 6) is 0.406. The molecule has 0 fully saturated rings. The van der Waals surface area contributed by atoms with E-state index in [9.17, 15) is 0 Å². The zero-order valence-corrected chi connectivity index (χ0v) is 13.8. The van der Waals surface area contributed by atoms with Crippen LogP contribution in [0.5, 0.6) is 0 Å². The van der Waals surface area contributed by atoms with Crippen LogP contribution in [-0.2, 0) is 19.9 Å². The van der Waals surface area contributed by atoms with Crippen molar-refractivity contribution in [3.63, 3.8) is 0 Å². The van der Waals surface area contributed by atoms with E-state index in [0.717, 1.165) is 42.3 Å². The van der Waals surface area contributed by atoms with E-state index in [2.05, 4.69) is 54.6 Å². The number of nitrogens with one attached hydrogen (secondary N) is 1. The van der Waals surface area contributed by atoms with Crippen LogP contribution in [-0.4, -0.2) is 22.9 Å². The Kier molecular flexibility index (Phi) is 5.83. The smallest absolute Gasteiger partial charge is 0.0849 e. The number of halogens is 1. The maximum absolute atomic E-state index is 6.49. The molecule has 1 atom stereocenters. The number of rotatable bonds is 7. The lowest BCUT2D eigenvalue weighted by Crippen LogP contribution is -2.23. The normalized spacial score (nSPS) is 12.6. The van der Waals surface area contributed by atoms with Crippen LogP contribution in [0, 0.1) is 0 Å². The maximum Gasteiger partial charge on any atom is 0.0849 e. The van der Waals surface area contributed by atoms with Crippen molar-refractivity contribution in [2.45, 2.75) is 32.6 Å². The molecule has 3 nitrogen and oxygen atoms in total. The molecule has 114 valence electrons. The fraction of sp³-hybridized carbons (Fsp3) is 0.471. The van der Waals surface area contributed by atoms with Crippen LogP contribution in [0.3, 0.4) is 0 Å². The van der Waals surface area contributed by atoms with Gasteiger partial charge < -0.3 is 5.32 Å². The highest BCUT2D eigenvalue weighted by atomic mass is 35.5. The molecule has 2 aromatic rings. The largest absolute Gasteiger partial charge is 0.316 e. The zero-order chi connectivity index (χ0) is 15.2. The third-order valence-electron chi connectivity index (χ3n) is 3.85. The number of benzene rings is 1. The third-order valence-corrected chi connectivity index (χ3v) is 4.29. The molecule has 0 spiro atoms. The highest BCUT2D eigenvalue weighted by Crippen LogP contribution is 2.27. The van der Waals surface area contributed by atoms with Crippen LogP contribution in [0.15, 0.2) is 30.3 Å². The van der Waals surface area contributed by atoms with Crippen LogP contribution < -0.4 is 5.32 Å². The summed E-state index contributed by atoms with van der Waals surface area (Å²) in [5, 5.41) is 8.80. The van der Waals surface area contributed by atoms with Gasteiger partial charge >= 0.3 is 0 Å². The Hall–Kier alpha value is -1.32. The standard InChI is InChI=1S/C17H24ClN3/c1-4-15-17(18)16(21(3)20-15)11-14(12-19-5-2)13-9-7-6-8-10-13/h6-10,14,19H,4-5,11-12H2,1-3H3. The second-order valence-corrected chi connectivity index (χ2v) is 5.68. The minimum atomic E-state index is 0.406. The van der Waals surface area contributed by atoms with Crippen LogP contribution in [0.4, 0.5) is 0 Å². The van der Waals surface area contributed by atoms with Gasteiger partial charge in [-0.25, -0.2) is 0 Å². The Bertz CT molecular complexity index is 563. The van der Waals surface area contributed by atoms with E-state index < -0.39 is 0 Å². The Balaban J connectivity index is 2.25. The van der Waals surface area contributed by atoms with Crippen LogP contribution >= 0.6 is 11.6 Å². The quantitative estimate of drug-likeness (QED) is 0.847. The van der Waals surface area contributed by atoms with Gasteiger partial charge in [0.1, 0.15) is 0 Å². The molecule has 4 heteroatoms. The summed E-state index contributed by atoms with van der Waals surface area (Å²) in [7, 11) is 1.98. The van der Waals surface area contributed by atoms with Crippen molar-refractivity contribution < 1.29 is 0 Å². The van der Waals surface area contributed by atoms with Crippen molar-refractivity contribution in [1.82, 2.24) is 15.1 Å². The molecular weight excluding hydrogens is 282 g/mol. The Morgan fingerprint density at radius 3 is 2.52 bits per heavy atom. The van der Waals surface area contributed by atoms with E-state index in [-0.39, 0.29) is 0 Å². The highest BCUT2D eigenvalue weighted by molar-refractivity contribution is 6.31. The Morgan fingerprint density at radius 2 is 1.95 bits per heavy atom. The monoisotopic (exact) mass is 305 g/mol. The number of aromatic nitrogens is 2. The number of aryl methyl sites for hydroxylation is 2. The van der Waals surface area contributed by atoms with Crippen molar-refractivity contribution in [1.29, 1.82) is 0 Å². The number of hydrogen-bond acceptors (Lipinski definition) is 2. The van der Waals surface area contributed by atoms with E-state index in [4.69, 9.17) is 11.6 Å². The summed E-state index contributed by atoms with van der Waals surface area (Å²) in [6.45, 7) is 6.14. The summed E-state index contributed by atoms with van der Waals surface area (Å²) in [4.78, 5) is 0. The van der Waals surface area contributed by atoms with Crippen molar-refractivity contribution in [2.24, 2.45) is 7.05 Å². The van der Waals surface area contributed by atoms with Gasteiger partial charge in [-0.1, -0.05) is 55.8 Å². The average Bonchev–Trinajstić information content (AvgIpc) is 2.79. The first-order valence-electron chi connectivity index (χ1n) is 7.63. The van der Waals surface area contributed by atoms with Gasteiger partial charge in [0.2, 0.25) is 0 Å². The van der Waals surface area contributed by atoms with Crippen molar-refractivity contribution in [3.8, 4) is 0 Å². The Labute approximate surface area is 132 Å². The molecule has 0 aliphatic carbocycles. The summed E-state index contributed by atoms with van der Waals surface area (Å²) < 4.78 is 1.93. The van der Waals surface area contributed by atoms with Crippen molar-refractivity contribution in [2.75, 3.05) is 13.1 Å². The summed E-state index contributed by atoms with van der Waals surface area (Å²) in [6, 6.07) is 10.6. The fourth-order valence-electron chi connectivity index (χ4n) is 2.63. The zero-order valence-electron chi connectivity index (χ0n) is 13.1. The van der Waals surface area contributed by atoms with Gasteiger partial charge in [0.05, 0.1) is 16.4 Å². The fourth-order valence-corrected chi connectivity index (χ4v) is 3.00. The molecule has 0 saturated heterocycles. The summed E-state index contributed by atoms with van der Waals surface area (Å²) in [5.41, 5.74) is 3.46. The number of likely N-dealkylation sites (N-methyl/N-ethyl adjacent to an activating group) is 1. The minimum absolute atomic E-state index is 0.406. The third kappa shape index (κ3) is 3.86. The molecule has 0 radical (unpaired) electrons. The van der Waals surface area contributed by atoms with Gasteiger partial charge in [0.25, 0.3) is 0 Å². The van der Waals surface area contributed by atoms with Crippen molar-refractivity contribution >= 4 is 11.6 Å². The molecule has 1 heterocycles. The van der Waals surface area contributed by atoms with E-state index in [1.807, 2.05) is 11.7 Å². The molecule has 2 rings (SSSR count). The molecular formula is C17H24ClN3. The second kappa shape index (κ2) is 7.62. The first kappa shape index (κ1) is 16.1. The Morgan fingerprint density at radius 1 is 1.24 bits per heavy atom. The SMILES string of the molecule is CCNCC(Cc1c(Cl)c(CC)nn1C)c1ccccc1. The van der Waals surface area contributed by atoms with Gasteiger partial charge in [0, 0.05) is 19.5 Å². The lowest BCUT2D eigenvalue weighted by molar-refractivity contribution is 0.570. The van der Waals surface area contributed by atoms with Gasteiger partial charge in [-0.3, -0.25) is 4.68 Å². The molecule has 0 aliphatic heterocycles. The van der Waals surface area contributed by atoms with Crippen LogP contribution in [0.1, 0.15) is 36.7 Å². The predicted octanol–water partition coefficient (Wildman–Crippen LogP) is 3.57. The molecule has 0 aliphatic rings. The van der Waals surface area contributed by atoms with E-state index in [0.29, 0.717) is 5.92 Å². The summed E-state index contributed by atoms with van der Waals surface area (Å²) in [6.07, 6.45) is 1.77. The van der Waals surface area contributed by atoms with Crippen molar-refractivity contribution in [3.05, 3.63) is 52.3 Å². The van der Waals surface area contributed by atoms with E-state index in [1.54, 1.807) is 0 Å². The van der Waals surface area contributed by atoms with Gasteiger partial charge in [-0.2, -0.15) is 5.10 Å². The van der Waals surface area contributed by atoms with Gasteiger partial charge in [-0.15, -0.1) is 0 Å². The summed E-state index contributed by atoms with van der Waals surface area (Å²) >= 11 is 6.49. The van der Waals surface area contributed by atoms with Gasteiger partial charge in [-0.05, 0) is 24.9 Å². The van der Waals surface area contributed by atoms with Crippen LogP contribution in [0.25, 0.3) is 0 Å². The van der Waals surface area contributed by atoms with E-state index in [1.165, 1.54) is 5.56 Å². The molecule has 0 bridgehead atoms. The average molecular weight is 306 g/mol. The molecule has 1 aromatic carbocycles. The van der Waals surface area contributed by atoms with E-state index >= 15 is 0 Å². The highest BCUT2D eigenvalue weighted by Gasteiger charge is 2.19.